The largest absolute Gasteiger partial charge is 0.367 e. The van der Waals surface area contributed by atoms with E-state index in [0.717, 1.165) is 36.4 Å². The lowest BCUT2D eigenvalue weighted by Gasteiger charge is -2.42. The molecule has 1 aliphatic carbocycles. The second-order valence-corrected chi connectivity index (χ2v) is 14.1. The van der Waals surface area contributed by atoms with Gasteiger partial charge in [-0.3, -0.25) is 4.90 Å². The first-order valence-electron chi connectivity index (χ1n) is 12.5. The number of anilines is 1. The molecule has 0 amide bonds. The van der Waals surface area contributed by atoms with Crippen LogP contribution in [0.4, 0.5) is 10.1 Å². The number of nitrogens with one attached hydrogen (secondary N) is 1. The molecule has 4 rings (SSSR count). The van der Waals surface area contributed by atoms with Crippen molar-refractivity contribution < 1.29 is 21.2 Å². The van der Waals surface area contributed by atoms with Crippen molar-refractivity contribution in [3.63, 3.8) is 0 Å². The second kappa shape index (κ2) is 11.5. The first-order valence-corrected chi connectivity index (χ1v) is 15.8. The third-order valence-corrected chi connectivity index (χ3v) is 10.8. The van der Waals surface area contributed by atoms with Gasteiger partial charge in [0.2, 0.25) is 20.0 Å². The summed E-state index contributed by atoms with van der Waals surface area (Å²) in [6.07, 6.45) is 4.60. The summed E-state index contributed by atoms with van der Waals surface area (Å²) >= 11 is 5.90. The molecule has 0 aromatic heterocycles. The van der Waals surface area contributed by atoms with E-state index in [4.69, 9.17) is 11.6 Å². The Hall–Kier alpha value is -1.76. The molecule has 2 aromatic rings. The fourth-order valence-electron chi connectivity index (χ4n) is 5.16. The highest BCUT2D eigenvalue weighted by Gasteiger charge is 2.34. The Bertz CT molecular complexity index is 1300. The smallest absolute Gasteiger partial charge is 0.242 e. The topological polar surface area (TPSA) is 90.0 Å². The highest BCUT2D eigenvalue weighted by molar-refractivity contribution is 7.89. The van der Waals surface area contributed by atoms with Crippen molar-refractivity contribution in [1.82, 2.24) is 13.9 Å². The third kappa shape index (κ3) is 6.46. The van der Waals surface area contributed by atoms with Gasteiger partial charge in [-0.2, -0.15) is 0 Å². The molecule has 0 spiro atoms. The predicted molar refractivity (Wildman–Crippen MR) is 143 cm³/mol. The van der Waals surface area contributed by atoms with Crippen molar-refractivity contribution >= 4 is 37.3 Å². The average Bonchev–Trinajstić information content (AvgIpc) is 3.09. The van der Waals surface area contributed by atoms with Gasteiger partial charge in [-0.25, -0.2) is 30.3 Å². The van der Waals surface area contributed by atoms with Crippen molar-refractivity contribution in [2.45, 2.75) is 54.0 Å². The zero-order chi connectivity index (χ0) is 26.8. The highest BCUT2D eigenvalue weighted by Crippen LogP contribution is 2.28. The molecule has 0 unspecified atom stereocenters. The molecule has 1 heterocycles. The molecule has 1 saturated carbocycles. The maximum absolute atomic E-state index is 14.4. The Morgan fingerprint density at radius 1 is 0.892 bits per heavy atom. The van der Waals surface area contributed by atoms with E-state index in [0.29, 0.717) is 36.9 Å². The van der Waals surface area contributed by atoms with E-state index in [1.54, 1.807) is 12.1 Å². The third-order valence-electron chi connectivity index (χ3n) is 7.23. The van der Waals surface area contributed by atoms with Crippen LogP contribution >= 0.6 is 11.6 Å². The number of halogens is 2. The van der Waals surface area contributed by atoms with Gasteiger partial charge in [0.05, 0.1) is 15.5 Å². The number of piperazine rings is 1. The van der Waals surface area contributed by atoms with Crippen LogP contribution in [0.15, 0.2) is 52.3 Å². The molecule has 12 heteroatoms. The van der Waals surface area contributed by atoms with Crippen LogP contribution in [0.5, 0.6) is 0 Å². The Morgan fingerprint density at radius 2 is 1.51 bits per heavy atom. The summed E-state index contributed by atoms with van der Waals surface area (Å²) in [7, 11) is -4.64. The van der Waals surface area contributed by atoms with Gasteiger partial charge >= 0.3 is 0 Å². The number of benzene rings is 2. The van der Waals surface area contributed by atoms with E-state index in [1.807, 2.05) is 4.90 Å². The minimum Gasteiger partial charge on any atom is -0.367 e. The monoisotopic (exact) mass is 572 g/mol. The SMILES string of the molecule is CN(C)S(=O)(=O)c1ccc(S(=O)(=O)N[C@@H]2CCCCC[C@@H]2N2CCN(c3ccc(Cl)cc3F)CC2)cc1. The van der Waals surface area contributed by atoms with Crippen molar-refractivity contribution in [3.05, 3.63) is 53.3 Å². The first kappa shape index (κ1) is 28.3. The Morgan fingerprint density at radius 3 is 2.14 bits per heavy atom. The van der Waals surface area contributed by atoms with Gasteiger partial charge in [0, 0.05) is 57.4 Å². The Labute approximate surface area is 224 Å². The van der Waals surface area contributed by atoms with E-state index in [1.165, 1.54) is 44.4 Å². The van der Waals surface area contributed by atoms with E-state index in [2.05, 4.69) is 9.62 Å². The quantitative estimate of drug-likeness (QED) is 0.511. The van der Waals surface area contributed by atoms with E-state index in [9.17, 15) is 21.2 Å². The van der Waals surface area contributed by atoms with Crippen LogP contribution in [-0.4, -0.2) is 78.4 Å². The van der Waals surface area contributed by atoms with Gasteiger partial charge < -0.3 is 4.90 Å². The molecule has 204 valence electrons. The molecule has 0 radical (unpaired) electrons. The van der Waals surface area contributed by atoms with Crippen LogP contribution in [0.25, 0.3) is 0 Å². The van der Waals surface area contributed by atoms with Crippen molar-refractivity contribution in [1.29, 1.82) is 0 Å². The summed E-state index contributed by atoms with van der Waals surface area (Å²) in [6.45, 7) is 2.66. The number of hydrogen-bond acceptors (Lipinski definition) is 6. The molecule has 37 heavy (non-hydrogen) atoms. The molecule has 8 nitrogen and oxygen atoms in total. The molecule has 0 bridgehead atoms. The van der Waals surface area contributed by atoms with Crippen LogP contribution in [-0.2, 0) is 20.0 Å². The molecule has 2 aromatic carbocycles. The summed E-state index contributed by atoms with van der Waals surface area (Å²) < 4.78 is 69.7. The summed E-state index contributed by atoms with van der Waals surface area (Å²) in [4.78, 5) is 4.40. The van der Waals surface area contributed by atoms with Gasteiger partial charge in [0.15, 0.2) is 0 Å². The minimum absolute atomic E-state index is 0.0304. The maximum Gasteiger partial charge on any atom is 0.242 e. The van der Waals surface area contributed by atoms with Crippen LogP contribution in [0.1, 0.15) is 32.1 Å². The van der Waals surface area contributed by atoms with E-state index >= 15 is 0 Å². The molecular weight excluding hydrogens is 539 g/mol. The maximum atomic E-state index is 14.4. The van der Waals surface area contributed by atoms with Crippen LogP contribution in [0.2, 0.25) is 5.02 Å². The van der Waals surface area contributed by atoms with Crippen LogP contribution in [0, 0.1) is 5.82 Å². The normalized spacial score (nSPS) is 22.2. The number of sulfonamides is 2. The van der Waals surface area contributed by atoms with Gasteiger partial charge in [0.1, 0.15) is 5.82 Å². The summed E-state index contributed by atoms with van der Waals surface area (Å²) in [5.41, 5.74) is 0.530. The van der Waals surface area contributed by atoms with Gasteiger partial charge in [-0.05, 0) is 55.3 Å². The van der Waals surface area contributed by atoms with Gasteiger partial charge in [-0.15, -0.1) is 0 Å². The van der Waals surface area contributed by atoms with Gasteiger partial charge in [-0.1, -0.05) is 30.9 Å². The zero-order valence-electron chi connectivity index (χ0n) is 21.1. The molecule has 1 N–H and O–H groups in total. The summed E-state index contributed by atoms with van der Waals surface area (Å²) in [6, 6.07) is 9.79. The average molecular weight is 573 g/mol. The summed E-state index contributed by atoms with van der Waals surface area (Å²) in [5.74, 6) is -0.342. The lowest BCUT2D eigenvalue weighted by Crippen LogP contribution is -2.57. The number of rotatable bonds is 7. The molecule has 2 aliphatic rings. The highest BCUT2D eigenvalue weighted by atomic mass is 35.5. The lowest BCUT2D eigenvalue weighted by atomic mass is 10.0. The van der Waals surface area contributed by atoms with Crippen LogP contribution in [0.3, 0.4) is 0 Å². The fourth-order valence-corrected chi connectivity index (χ4v) is 7.53. The molecule has 1 saturated heterocycles. The fraction of sp³-hybridized carbons (Fsp3) is 0.520. The molecule has 1 aliphatic heterocycles. The lowest BCUT2D eigenvalue weighted by molar-refractivity contribution is 0.148. The van der Waals surface area contributed by atoms with Crippen molar-refractivity contribution in [2.75, 3.05) is 45.2 Å². The van der Waals surface area contributed by atoms with Crippen molar-refractivity contribution in [3.8, 4) is 0 Å². The van der Waals surface area contributed by atoms with Crippen LogP contribution < -0.4 is 9.62 Å². The summed E-state index contributed by atoms with van der Waals surface area (Å²) in [5, 5.41) is 0.363. The molecular formula is C25H34ClFN4O4S2. The Balaban J connectivity index is 1.47. The number of hydrogen-bond donors (Lipinski definition) is 1. The Kier molecular flexibility index (Phi) is 8.82. The van der Waals surface area contributed by atoms with Gasteiger partial charge in [0.25, 0.3) is 0 Å². The van der Waals surface area contributed by atoms with E-state index in [-0.39, 0.29) is 27.7 Å². The first-order chi connectivity index (χ1) is 17.5. The predicted octanol–water partition coefficient (Wildman–Crippen LogP) is 3.53. The standard InChI is InChI=1S/C25H34ClFN4O4S2/c1-29(2)37(34,35)21-11-9-20(10-12-21)36(32,33)28-23-6-4-3-5-7-25(23)31-16-14-30(15-17-31)24-13-8-19(26)18-22(24)27/h8-13,18,23,25,28H,3-7,14-17H2,1-2H3/t23-,25+/m1/s1. The minimum atomic E-state index is -3.85. The molecule has 2 atom stereocenters. The number of nitrogens with zero attached hydrogens (tertiary/aromatic N) is 3. The van der Waals surface area contributed by atoms with Crippen molar-refractivity contribution in [2.24, 2.45) is 0 Å². The zero-order valence-corrected chi connectivity index (χ0v) is 23.5. The second-order valence-electron chi connectivity index (χ2n) is 9.81. The molecule has 2 fully saturated rings. The van der Waals surface area contributed by atoms with E-state index < -0.39 is 20.0 Å².